The molecule has 0 spiro atoms. The molecule has 0 saturated carbocycles. The van der Waals surface area contributed by atoms with Gasteiger partial charge in [0.05, 0.1) is 6.61 Å². The number of rotatable bonds is 15. The predicted octanol–water partition coefficient (Wildman–Crippen LogP) is -2.14. The van der Waals surface area contributed by atoms with Crippen molar-refractivity contribution in [3.63, 3.8) is 0 Å². The molecule has 0 bridgehead atoms. The smallest absolute Gasteiger partial charge is 0.430 e. The molecular formula is C24H33N3O12. The summed E-state index contributed by atoms with van der Waals surface area (Å²) < 4.78 is 5.20. The monoisotopic (exact) mass is 555 g/mol. The highest BCUT2D eigenvalue weighted by atomic mass is 16.6. The van der Waals surface area contributed by atoms with Crippen LogP contribution in [0.15, 0.2) is 30.3 Å². The molecule has 1 aromatic carbocycles. The molecule has 216 valence electrons. The van der Waals surface area contributed by atoms with E-state index in [0.29, 0.717) is 15.6 Å². The van der Waals surface area contributed by atoms with E-state index in [1.54, 1.807) is 30.3 Å². The van der Waals surface area contributed by atoms with Crippen LogP contribution in [0.3, 0.4) is 0 Å². The number of unbranched alkanes of at least 4 members (excludes halogenated alkanes) is 1. The van der Waals surface area contributed by atoms with E-state index in [9.17, 15) is 49.5 Å². The topological polar surface area (TPSA) is 234 Å². The van der Waals surface area contributed by atoms with Crippen molar-refractivity contribution in [1.29, 1.82) is 0 Å². The van der Waals surface area contributed by atoms with Crippen LogP contribution in [0.1, 0.15) is 37.7 Å². The number of nitrogens with zero attached hydrogens (tertiary/aromatic N) is 2. The van der Waals surface area contributed by atoms with E-state index in [2.05, 4.69) is 5.32 Å². The standard InChI is InChI=1S/C24H33N3O12/c28-12-16(29)19(32)20(33)21(34)22(35)25-11-5-4-8-15(23(36)37)26(27-17(30)9-10-18(27)31)24(38)39-13-14-6-2-1-3-7-14/h1-3,6-7,15-16,19-21,28-29,32-34H,4-5,8-13H2,(H,25,35)(H,36,37)/t15-,16+,19+,20-,21+/m0/s1. The number of carboxylic acid groups (broad SMARTS) is 1. The number of carbonyl (C=O) groups excluding carboxylic acids is 4. The molecule has 0 aliphatic carbocycles. The van der Waals surface area contributed by atoms with Crippen molar-refractivity contribution in [3.8, 4) is 0 Å². The number of hydrogen-bond donors (Lipinski definition) is 7. The summed E-state index contributed by atoms with van der Waals surface area (Å²) in [5, 5.41) is 60.4. The third-order valence-corrected chi connectivity index (χ3v) is 5.94. The summed E-state index contributed by atoms with van der Waals surface area (Å²) in [5.41, 5.74) is 0.596. The second-order valence-electron chi connectivity index (χ2n) is 8.80. The number of nitrogens with one attached hydrogen (secondary N) is 1. The Hall–Kier alpha value is -3.63. The first-order chi connectivity index (χ1) is 18.5. The summed E-state index contributed by atoms with van der Waals surface area (Å²) in [6, 6.07) is 6.82. The molecular weight excluding hydrogens is 522 g/mol. The van der Waals surface area contributed by atoms with Gasteiger partial charge in [0.2, 0.25) is 11.8 Å². The summed E-state index contributed by atoms with van der Waals surface area (Å²) in [4.78, 5) is 61.7. The van der Waals surface area contributed by atoms with Crippen molar-refractivity contribution < 1.29 is 59.3 Å². The number of hydrogen-bond acceptors (Lipinski definition) is 11. The fraction of sp³-hybridized carbons (Fsp3) is 0.542. The Labute approximate surface area is 223 Å². The third-order valence-electron chi connectivity index (χ3n) is 5.94. The predicted molar refractivity (Wildman–Crippen MR) is 129 cm³/mol. The van der Waals surface area contributed by atoms with Crippen molar-refractivity contribution >= 4 is 29.8 Å². The van der Waals surface area contributed by atoms with Gasteiger partial charge in [-0.25, -0.2) is 9.59 Å². The minimum Gasteiger partial charge on any atom is -0.480 e. The highest BCUT2D eigenvalue weighted by Crippen LogP contribution is 2.22. The zero-order valence-electron chi connectivity index (χ0n) is 21.0. The second kappa shape index (κ2) is 15.1. The van der Waals surface area contributed by atoms with Crippen molar-refractivity contribution in [2.45, 2.75) is 69.2 Å². The van der Waals surface area contributed by atoms with Crippen LogP contribution in [0.25, 0.3) is 0 Å². The molecule has 7 N–H and O–H groups in total. The van der Waals surface area contributed by atoms with Gasteiger partial charge in [-0.05, 0) is 24.8 Å². The molecule has 4 amide bonds. The van der Waals surface area contributed by atoms with E-state index in [-0.39, 0.29) is 45.3 Å². The largest absolute Gasteiger partial charge is 0.480 e. The number of benzene rings is 1. The summed E-state index contributed by atoms with van der Waals surface area (Å²) in [6.45, 7) is -1.26. The molecule has 0 aromatic heterocycles. The van der Waals surface area contributed by atoms with Crippen LogP contribution in [-0.4, -0.2) is 114 Å². The fourth-order valence-electron chi connectivity index (χ4n) is 3.75. The Morgan fingerprint density at radius 2 is 1.59 bits per heavy atom. The normalized spacial score (nSPS) is 17.2. The lowest BCUT2D eigenvalue weighted by Gasteiger charge is -2.33. The molecule has 1 aliphatic rings. The number of aliphatic hydroxyl groups excluding tert-OH is 5. The Bertz CT molecular complexity index is 991. The number of aliphatic carboxylic acids is 1. The van der Waals surface area contributed by atoms with Crippen molar-refractivity contribution in [3.05, 3.63) is 35.9 Å². The van der Waals surface area contributed by atoms with Gasteiger partial charge in [0.25, 0.3) is 5.91 Å². The Balaban J connectivity index is 1.99. The molecule has 1 heterocycles. The van der Waals surface area contributed by atoms with E-state index in [1.807, 2.05) is 0 Å². The summed E-state index contributed by atoms with van der Waals surface area (Å²) >= 11 is 0. The second-order valence-corrected chi connectivity index (χ2v) is 8.80. The molecule has 1 saturated heterocycles. The number of hydrazine groups is 1. The first-order valence-corrected chi connectivity index (χ1v) is 12.2. The highest BCUT2D eigenvalue weighted by Gasteiger charge is 2.43. The van der Waals surface area contributed by atoms with Gasteiger partial charge in [0.1, 0.15) is 24.9 Å². The van der Waals surface area contributed by atoms with E-state index in [4.69, 9.17) is 9.84 Å². The average molecular weight is 556 g/mol. The first kappa shape index (κ1) is 31.6. The zero-order chi connectivity index (χ0) is 29.1. The minimum absolute atomic E-state index is 0.0699. The number of amides is 4. The lowest BCUT2D eigenvalue weighted by Crippen LogP contribution is -2.57. The van der Waals surface area contributed by atoms with Crippen LogP contribution >= 0.6 is 0 Å². The molecule has 1 aliphatic heterocycles. The first-order valence-electron chi connectivity index (χ1n) is 12.2. The maximum absolute atomic E-state index is 12.9. The number of ether oxygens (including phenoxy) is 1. The van der Waals surface area contributed by atoms with Gasteiger partial charge in [0.15, 0.2) is 12.1 Å². The van der Waals surface area contributed by atoms with E-state index >= 15 is 0 Å². The van der Waals surface area contributed by atoms with Gasteiger partial charge in [-0.15, -0.1) is 0 Å². The Morgan fingerprint density at radius 1 is 0.974 bits per heavy atom. The number of carboxylic acids is 1. The van der Waals surface area contributed by atoms with E-state index in [0.717, 1.165) is 0 Å². The van der Waals surface area contributed by atoms with Crippen LogP contribution in [0.2, 0.25) is 0 Å². The van der Waals surface area contributed by atoms with Gasteiger partial charge < -0.3 is 40.7 Å². The highest BCUT2D eigenvalue weighted by molar-refractivity contribution is 6.03. The summed E-state index contributed by atoms with van der Waals surface area (Å²) in [6.07, 6.45) is -9.64. The molecule has 15 nitrogen and oxygen atoms in total. The molecule has 15 heteroatoms. The number of imide groups is 1. The number of aliphatic hydroxyl groups is 5. The quantitative estimate of drug-likeness (QED) is 0.0908. The van der Waals surface area contributed by atoms with Gasteiger partial charge in [-0.2, -0.15) is 10.0 Å². The van der Waals surface area contributed by atoms with E-state index < -0.39 is 66.8 Å². The van der Waals surface area contributed by atoms with Crippen LogP contribution in [0.4, 0.5) is 4.79 Å². The molecule has 1 aromatic rings. The molecule has 1 fully saturated rings. The van der Waals surface area contributed by atoms with Crippen LogP contribution in [0, 0.1) is 0 Å². The third kappa shape index (κ3) is 8.69. The molecule has 39 heavy (non-hydrogen) atoms. The van der Waals surface area contributed by atoms with Crippen LogP contribution in [-0.2, 0) is 30.5 Å². The van der Waals surface area contributed by atoms with E-state index in [1.165, 1.54) is 0 Å². The van der Waals surface area contributed by atoms with Crippen LogP contribution < -0.4 is 5.32 Å². The van der Waals surface area contributed by atoms with Gasteiger partial charge >= 0.3 is 12.1 Å². The zero-order valence-corrected chi connectivity index (χ0v) is 21.0. The van der Waals surface area contributed by atoms with Gasteiger partial charge in [0, 0.05) is 19.4 Å². The van der Waals surface area contributed by atoms with Crippen molar-refractivity contribution in [2.24, 2.45) is 0 Å². The lowest BCUT2D eigenvalue weighted by molar-refractivity contribution is -0.165. The van der Waals surface area contributed by atoms with Gasteiger partial charge in [-0.1, -0.05) is 30.3 Å². The summed E-state index contributed by atoms with van der Waals surface area (Å²) in [7, 11) is 0. The maximum atomic E-state index is 12.9. The molecule has 2 rings (SSSR count). The van der Waals surface area contributed by atoms with Crippen LogP contribution in [0.5, 0.6) is 0 Å². The summed E-state index contributed by atoms with van der Waals surface area (Å²) in [5.74, 6) is -4.11. The molecule has 0 unspecified atom stereocenters. The average Bonchev–Trinajstić information content (AvgIpc) is 3.26. The molecule has 0 radical (unpaired) electrons. The minimum atomic E-state index is -2.13. The van der Waals surface area contributed by atoms with Crippen molar-refractivity contribution in [2.75, 3.05) is 13.2 Å². The van der Waals surface area contributed by atoms with Gasteiger partial charge in [-0.3, -0.25) is 14.4 Å². The Morgan fingerprint density at radius 3 is 2.15 bits per heavy atom. The molecule has 5 atom stereocenters. The number of carbonyl (C=O) groups is 5. The lowest BCUT2D eigenvalue weighted by atomic mass is 10.0. The maximum Gasteiger partial charge on any atom is 0.430 e. The Kier molecular flexibility index (Phi) is 12.2. The fourth-order valence-corrected chi connectivity index (χ4v) is 3.75. The van der Waals surface area contributed by atoms with Crippen molar-refractivity contribution in [1.82, 2.24) is 15.3 Å². The SMILES string of the molecule is O=C(NCCCC[C@@H](C(=O)O)N(C(=O)OCc1ccccc1)N1C(=O)CCC1=O)[C@H](O)[C@@H](O)[C@H](O)[C@H](O)CO.